The lowest BCUT2D eigenvalue weighted by atomic mass is 9.88. The lowest BCUT2D eigenvalue weighted by Gasteiger charge is -2.30. The molecule has 17 heavy (non-hydrogen) atoms. The molecule has 1 N–H and O–H groups in total. The normalized spacial score (nSPS) is 11.5. The molecule has 0 aliphatic heterocycles. The van der Waals surface area contributed by atoms with Gasteiger partial charge in [0, 0.05) is 5.41 Å². The Labute approximate surface area is 105 Å². The quantitative estimate of drug-likeness (QED) is 0.598. The molecule has 0 radical (unpaired) electrons. The van der Waals surface area contributed by atoms with Crippen molar-refractivity contribution >= 4 is 0 Å². The minimum atomic E-state index is -0.315. The summed E-state index contributed by atoms with van der Waals surface area (Å²) in [6.07, 6.45) is 0.815. The second-order valence-corrected chi connectivity index (χ2v) is 4.91. The average molecular weight is 242 g/mol. The first kappa shape index (κ1) is 16.4. The molecule has 0 aromatic carbocycles. The smallest absolute Gasteiger partial charge is 0.0671 e. The number of hydrogen-bond donors (Lipinski definition) is 1. The topological polar surface area (TPSA) is 38.7 Å². The largest absolute Gasteiger partial charge is 0.396 e. The van der Waals surface area contributed by atoms with Gasteiger partial charge in [-0.25, -0.2) is 0 Å². The molecule has 0 fully saturated rings. The maximum Gasteiger partial charge on any atom is 0.0671 e. The standard InChI is InChI=1S/C14H26O3/c1-6-14(9-15,10-16-7-12(2)3)11-17-8-13(4)5/h15H,2,4,6-11H2,1,3,5H3. The van der Waals surface area contributed by atoms with Crippen molar-refractivity contribution in [2.24, 2.45) is 5.41 Å². The minimum absolute atomic E-state index is 0.0654. The van der Waals surface area contributed by atoms with E-state index in [1.165, 1.54) is 0 Å². The van der Waals surface area contributed by atoms with E-state index in [1.54, 1.807) is 0 Å². The van der Waals surface area contributed by atoms with Gasteiger partial charge in [0.15, 0.2) is 0 Å². The highest BCUT2D eigenvalue weighted by Crippen LogP contribution is 2.22. The third kappa shape index (κ3) is 7.31. The fraction of sp³-hybridized carbons (Fsp3) is 0.714. The van der Waals surface area contributed by atoms with Gasteiger partial charge in [0.25, 0.3) is 0 Å². The van der Waals surface area contributed by atoms with Crippen LogP contribution in [0, 0.1) is 5.41 Å². The van der Waals surface area contributed by atoms with E-state index in [4.69, 9.17) is 9.47 Å². The monoisotopic (exact) mass is 242 g/mol. The third-order valence-corrected chi connectivity index (χ3v) is 2.60. The summed E-state index contributed by atoms with van der Waals surface area (Å²) in [7, 11) is 0. The molecule has 0 saturated carbocycles. The van der Waals surface area contributed by atoms with E-state index in [-0.39, 0.29) is 12.0 Å². The summed E-state index contributed by atoms with van der Waals surface area (Å²) >= 11 is 0. The van der Waals surface area contributed by atoms with Crippen molar-refractivity contribution in [2.45, 2.75) is 27.2 Å². The van der Waals surface area contributed by atoms with Crippen molar-refractivity contribution < 1.29 is 14.6 Å². The summed E-state index contributed by atoms with van der Waals surface area (Å²) in [6, 6.07) is 0. The van der Waals surface area contributed by atoms with Crippen molar-refractivity contribution in [2.75, 3.05) is 33.0 Å². The first-order valence-corrected chi connectivity index (χ1v) is 6.01. The van der Waals surface area contributed by atoms with Crippen LogP contribution < -0.4 is 0 Å². The van der Waals surface area contributed by atoms with Gasteiger partial charge in [0.2, 0.25) is 0 Å². The Hall–Kier alpha value is -0.640. The molecule has 0 heterocycles. The van der Waals surface area contributed by atoms with Gasteiger partial charge in [-0.05, 0) is 20.3 Å². The molecule has 0 bridgehead atoms. The molecule has 3 nitrogen and oxygen atoms in total. The fourth-order valence-electron chi connectivity index (χ4n) is 1.33. The Morgan fingerprint density at radius 2 is 1.47 bits per heavy atom. The van der Waals surface area contributed by atoms with E-state index >= 15 is 0 Å². The number of hydrogen-bond acceptors (Lipinski definition) is 3. The maximum absolute atomic E-state index is 9.50. The lowest BCUT2D eigenvalue weighted by molar-refractivity contribution is -0.0446. The molecule has 100 valence electrons. The Bertz CT molecular complexity index is 220. The molecule has 0 aliphatic carbocycles. The van der Waals surface area contributed by atoms with Crippen molar-refractivity contribution in [3.63, 3.8) is 0 Å². The van der Waals surface area contributed by atoms with E-state index in [9.17, 15) is 5.11 Å². The zero-order valence-electron chi connectivity index (χ0n) is 11.4. The summed E-state index contributed by atoms with van der Waals surface area (Å²) < 4.78 is 11.1. The molecular weight excluding hydrogens is 216 g/mol. The highest BCUT2D eigenvalue weighted by molar-refractivity contribution is 4.89. The van der Waals surface area contributed by atoms with Crippen LogP contribution in [0.25, 0.3) is 0 Å². The lowest BCUT2D eigenvalue weighted by Crippen LogP contribution is -2.36. The van der Waals surface area contributed by atoms with Crippen LogP contribution in [0.15, 0.2) is 24.3 Å². The molecule has 0 amide bonds. The summed E-state index contributed by atoms with van der Waals surface area (Å²) in [5.74, 6) is 0. The highest BCUT2D eigenvalue weighted by Gasteiger charge is 2.28. The molecule has 0 spiro atoms. The SMILES string of the molecule is C=C(C)COCC(CC)(CO)COCC(=C)C. The van der Waals surface area contributed by atoms with Crippen molar-refractivity contribution in [3.8, 4) is 0 Å². The second-order valence-electron chi connectivity index (χ2n) is 4.91. The van der Waals surface area contributed by atoms with Gasteiger partial charge < -0.3 is 14.6 Å². The Morgan fingerprint density at radius 1 is 1.06 bits per heavy atom. The molecule has 0 unspecified atom stereocenters. The van der Waals surface area contributed by atoms with Gasteiger partial charge in [0.1, 0.15) is 0 Å². The summed E-state index contributed by atoms with van der Waals surface area (Å²) in [5.41, 5.74) is 1.65. The molecule has 0 aromatic heterocycles. The van der Waals surface area contributed by atoms with Gasteiger partial charge in [-0.2, -0.15) is 0 Å². The van der Waals surface area contributed by atoms with E-state index in [0.717, 1.165) is 17.6 Å². The van der Waals surface area contributed by atoms with Crippen LogP contribution in [0.2, 0.25) is 0 Å². The van der Waals surface area contributed by atoms with Crippen molar-refractivity contribution in [1.82, 2.24) is 0 Å². The maximum atomic E-state index is 9.50. The van der Waals surface area contributed by atoms with Gasteiger partial charge >= 0.3 is 0 Å². The van der Waals surface area contributed by atoms with E-state index in [2.05, 4.69) is 13.2 Å². The van der Waals surface area contributed by atoms with Crippen LogP contribution in [-0.2, 0) is 9.47 Å². The Kier molecular flexibility index (Phi) is 8.13. The summed E-state index contributed by atoms with van der Waals surface area (Å²) in [4.78, 5) is 0. The van der Waals surface area contributed by atoms with Crippen LogP contribution in [-0.4, -0.2) is 38.1 Å². The Morgan fingerprint density at radius 3 is 1.71 bits per heavy atom. The van der Waals surface area contributed by atoms with Crippen LogP contribution in [0.5, 0.6) is 0 Å². The minimum Gasteiger partial charge on any atom is -0.396 e. The number of rotatable bonds is 10. The van der Waals surface area contributed by atoms with Gasteiger partial charge in [-0.3, -0.25) is 0 Å². The predicted molar refractivity (Wildman–Crippen MR) is 71.1 cm³/mol. The van der Waals surface area contributed by atoms with Crippen molar-refractivity contribution in [3.05, 3.63) is 24.3 Å². The van der Waals surface area contributed by atoms with E-state index in [0.29, 0.717) is 26.4 Å². The number of aliphatic hydroxyl groups is 1. The van der Waals surface area contributed by atoms with E-state index in [1.807, 2.05) is 20.8 Å². The van der Waals surface area contributed by atoms with Gasteiger partial charge in [0.05, 0.1) is 33.0 Å². The molecule has 0 atom stereocenters. The van der Waals surface area contributed by atoms with Gasteiger partial charge in [-0.15, -0.1) is 0 Å². The summed E-state index contributed by atoms with van der Waals surface area (Å²) in [5, 5.41) is 9.50. The summed E-state index contributed by atoms with van der Waals surface area (Å²) in [6.45, 7) is 15.5. The second kappa shape index (κ2) is 8.45. The zero-order valence-corrected chi connectivity index (χ0v) is 11.4. The van der Waals surface area contributed by atoms with E-state index < -0.39 is 0 Å². The number of ether oxygens (including phenoxy) is 2. The average Bonchev–Trinajstić information content (AvgIpc) is 2.26. The molecule has 0 saturated heterocycles. The number of aliphatic hydroxyl groups excluding tert-OH is 1. The molecule has 0 rings (SSSR count). The molecular formula is C14H26O3. The molecule has 3 heteroatoms. The van der Waals surface area contributed by atoms with Crippen molar-refractivity contribution in [1.29, 1.82) is 0 Å². The first-order valence-electron chi connectivity index (χ1n) is 6.01. The fourth-order valence-corrected chi connectivity index (χ4v) is 1.33. The first-order chi connectivity index (χ1) is 7.95. The van der Waals surface area contributed by atoms with Gasteiger partial charge in [-0.1, -0.05) is 31.2 Å². The predicted octanol–water partition coefficient (Wildman–Crippen LogP) is 2.56. The van der Waals surface area contributed by atoms with Crippen LogP contribution in [0.1, 0.15) is 27.2 Å². The van der Waals surface area contributed by atoms with Crippen LogP contribution in [0.3, 0.4) is 0 Å². The third-order valence-electron chi connectivity index (χ3n) is 2.60. The Balaban J connectivity index is 4.14. The molecule has 0 aromatic rings. The van der Waals surface area contributed by atoms with Crippen LogP contribution in [0.4, 0.5) is 0 Å². The zero-order chi connectivity index (χ0) is 13.3. The molecule has 0 aliphatic rings. The highest BCUT2D eigenvalue weighted by atomic mass is 16.5. The van der Waals surface area contributed by atoms with Crippen LogP contribution >= 0.6 is 0 Å².